The summed E-state index contributed by atoms with van der Waals surface area (Å²) in [7, 11) is 1.97. The summed E-state index contributed by atoms with van der Waals surface area (Å²) in [5, 5.41) is 1.98. The molecule has 0 fully saturated rings. The Morgan fingerprint density at radius 1 is 1.89 bits per heavy atom. The molecule has 0 radical (unpaired) electrons. The summed E-state index contributed by atoms with van der Waals surface area (Å²) in [6.45, 7) is 0.901. The number of nitrogens with zero attached hydrogens (tertiary/aromatic N) is 2. The lowest BCUT2D eigenvalue weighted by Crippen LogP contribution is -2.25. The van der Waals surface area contributed by atoms with Crippen molar-refractivity contribution in [3.63, 3.8) is 0 Å². The summed E-state index contributed by atoms with van der Waals surface area (Å²) in [4.78, 5) is 0. The van der Waals surface area contributed by atoms with Crippen molar-refractivity contribution >= 4 is 27.7 Å². The molecule has 0 aromatic heterocycles. The molecule has 0 N–H and O–H groups in total. The van der Waals surface area contributed by atoms with Gasteiger partial charge in [-0.3, -0.25) is 0 Å². The quantitative estimate of drug-likeness (QED) is 0.480. The first-order chi connectivity index (χ1) is 4.25. The van der Waals surface area contributed by atoms with Gasteiger partial charge in [-0.2, -0.15) is 4.03 Å². The highest BCUT2D eigenvalue weighted by atomic mass is 79.9. The summed E-state index contributed by atoms with van der Waals surface area (Å²) in [6, 6.07) is 0. The van der Waals surface area contributed by atoms with Gasteiger partial charge in [-0.1, -0.05) is 0 Å². The molecule has 0 aliphatic carbocycles. The second kappa shape index (κ2) is 2.90. The molecule has 52 valence electrons. The lowest BCUT2D eigenvalue weighted by molar-refractivity contribution is 0.207. The van der Waals surface area contributed by atoms with Gasteiger partial charge in [-0.15, -0.1) is 11.6 Å². The minimum absolute atomic E-state index is 0.582. The van der Waals surface area contributed by atoms with Crippen LogP contribution in [0, 0.1) is 0 Å². The molecular weight excluding hydrogens is 203 g/mol. The van der Waals surface area contributed by atoms with Crippen LogP contribution in [0.3, 0.4) is 0 Å². The predicted octanol–water partition coefficient (Wildman–Crippen LogP) is 1.58. The van der Waals surface area contributed by atoms with E-state index in [0.29, 0.717) is 5.88 Å². The van der Waals surface area contributed by atoms with Crippen molar-refractivity contribution in [1.82, 2.24) is 9.04 Å². The van der Waals surface area contributed by atoms with Crippen molar-refractivity contribution in [2.75, 3.05) is 19.5 Å². The standard InChI is InChI=1S/C5H8BrClN2/c1-8-5(4-7)2-3-9(8)6/h2H,3-4H2,1H3. The first kappa shape index (κ1) is 7.38. The molecule has 0 aromatic rings. The van der Waals surface area contributed by atoms with E-state index in [9.17, 15) is 0 Å². The smallest absolute Gasteiger partial charge is 0.0635 e. The van der Waals surface area contributed by atoms with Crippen molar-refractivity contribution in [1.29, 1.82) is 0 Å². The number of halogens is 2. The third kappa shape index (κ3) is 1.39. The molecule has 1 heterocycles. The van der Waals surface area contributed by atoms with Gasteiger partial charge in [-0.25, -0.2) is 0 Å². The fraction of sp³-hybridized carbons (Fsp3) is 0.600. The fourth-order valence-corrected chi connectivity index (χ4v) is 1.35. The summed E-state index contributed by atoms with van der Waals surface area (Å²) in [5.74, 6) is 0.582. The number of hydrazine groups is 1. The van der Waals surface area contributed by atoms with Gasteiger partial charge in [0.25, 0.3) is 0 Å². The zero-order valence-electron chi connectivity index (χ0n) is 5.14. The Labute approximate surface area is 68.4 Å². The van der Waals surface area contributed by atoms with Gasteiger partial charge in [0.1, 0.15) is 0 Å². The van der Waals surface area contributed by atoms with E-state index in [1.54, 1.807) is 0 Å². The zero-order chi connectivity index (χ0) is 6.85. The third-order valence-corrected chi connectivity index (χ3v) is 2.39. The molecule has 1 rings (SSSR count). The maximum atomic E-state index is 5.61. The van der Waals surface area contributed by atoms with Crippen LogP contribution in [-0.2, 0) is 0 Å². The molecule has 4 heteroatoms. The summed E-state index contributed by atoms with van der Waals surface area (Å²) >= 11 is 8.94. The molecule has 1 aliphatic heterocycles. The number of hydrogen-bond acceptors (Lipinski definition) is 2. The molecule has 0 saturated heterocycles. The highest BCUT2D eigenvalue weighted by Gasteiger charge is 2.15. The molecule has 2 nitrogen and oxygen atoms in total. The Balaban J connectivity index is 2.55. The van der Waals surface area contributed by atoms with Crippen molar-refractivity contribution in [2.24, 2.45) is 0 Å². The monoisotopic (exact) mass is 210 g/mol. The Hall–Kier alpha value is 0.270. The van der Waals surface area contributed by atoms with Gasteiger partial charge in [-0.05, 0) is 6.08 Å². The largest absolute Gasteiger partial charge is 0.302 e. The van der Waals surface area contributed by atoms with Gasteiger partial charge in [0, 0.05) is 28.9 Å². The fourth-order valence-electron chi connectivity index (χ4n) is 0.716. The van der Waals surface area contributed by atoms with Gasteiger partial charge >= 0.3 is 0 Å². The maximum absolute atomic E-state index is 5.61. The Kier molecular flexibility index (Phi) is 2.38. The zero-order valence-corrected chi connectivity index (χ0v) is 7.48. The average molecular weight is 211 g/mol. The van der Waals surface area contributed by atoms with Crippen LogP contribution in [0.1, 0.15) is 0 Å². The lowest BCUT2D eigenvalue weighted by Gasteiger charge is -2.20. The van der Waals surface area contributed by atoms with Crippen LogP contribution in [0.4, 0.5) is 0 Å². The maximum Gasteiger partial charge on any atom is 0.0635 e. The second-order valence-corrected chi connectivity index (χ2v) is 2.96. The SMILES string of the molecule is CN1C(CCl)=CCN1Br. The molecule has 0 atom stereocenters. The van der Waals surface area contributed by atoms with Crippen molar-refractivity contribution in [3.8, 4) is 0 Å². The van der Waals surface area contributed by atoms with Gasteiger partial charge in [0.15, 0.2) is 0 Å². The minimum atomic E-state index is 0.582. The van der Waals surface area contributed by atoms with Crippen LogP contribution in [0.15, 0.2) is 11.8 Å². The number of hydrogen-bond donors (Lipinski definition) is 0. The third-order valence-electron chi connectivity index (χ3n) is 1.36. The molecule has 0 bridgehead atoms. The molecule has 9 heavy (non-hydrogen) atoms. The number of alkyl halides is 1. The minimum Gasteiger partial charge on any atom is -0.302 e. The topological polar surface area (TPSA) is 6.48 Å². The highest BCUT2D eigenvalue weighted by molar-refractivity contribution is 9.07. The summed E-state index contributed by atoms with van der Waals surface area (Å²) in [6.07, 6.45) is 2.09. The number of allylic oxidation sites excluding steroid dienone is 1. The lowest BCUT2D eigenvalue weighted by atomic mass is 10.5. The van der Waals surface area contributed by atoms with Crippen LogP contribution >= 0.6 is 27.7 Å². The van der Waals surface area contributed by atoms with E-state index in [-0.39, 0.29) is 0 Å². The Morgan fingerprint density at radius 3 is 2.78 bits per heavy atom. The van der Waals surface area contributed by atoms with E-state index >= 15 is 0 Å². The molecule has 0 saturated carbocycles. The van der Waals surface area contributed by atoms with E-state index < -0.39 is 0 Å². The Morgan fingerprint density at radius 2 is 2.56 bits per heavy atom. The van der Waals surface area contributed by atoms with E-state index in [1.807, 2.05) is 16.1 Å². The van der Waals surface area contributed by atoms with E-state index in [0.717, 1.165) is 12.2 Å². The summed E-state index contributed by atoms with van der Waals surface area (Å²) in [5.41, 5.74) is 1.15. The van der Waals surface area contributed by atoms with Crippen LogP contribution < -0.4 is 0 Å². The van der Waals surface area contributed by atoms with Crippen LogP contribution in [0.2, 0.25) is 0 Å². The Bertz CT molecular complexity index is 137. The summed E-state index contributed by atoms with van der Waals surface area (Å²) < 4.78 is 1.92. The molecule has 0 spiro atoms. The normalized spacial score (nSPS) is 20.8. The van der Waals surface area contributed by atoms with Crippen LogP contribution in [0.5, 0.6) is 0 Å². The first-order valence-corrected chi connectivity index (χ1v) is 3.92. The molecule has 0 amide bonds. The van der Waals surface area contributed by atoms with Crippen LogP contribution in [0.25, 0.3) is 0 Å². The van der Waals surface area contributed by atoms with Gasteiger partial charge in [0.05, 0.1) is 12.4 Å². The van der Waals surface area contributed by atoms with Gasteiger partial charge in [0.2, 0.25) is 0 Å². The molecule has 1 aliphatic rings. The van der Waals surface area contributed by atoms with E-state index in [1.165, 1.54) is 0 Å². The average Bonchev–Trinajstić information content (AvgIpc) is 2.15. The molecular formula is C5H8BrClN2. The number of rotatable bonds is 1. The molecule has 0 unspecified atom stereocenters. The first-order valence-electron chi connectivity index (χ1n) is 2.67. The second-order valence-electron chi connectivity index (χ2n) is 1.87. The molecule has 0 aromatic carbocycles. The predicted molar refractivity (Wildman–Crippen MR) is 42.2 cm³/mol. The van der Waals surface area contributed by atoms with E-state index in [4.69, 9.17) is 11.6 Å². The van der Waals surface area contributed by atoms with Crippen LogP contribution in [-0.4, -0.2) is 28.5 Å². The van der Waals surface area contributed by atoms with Crippen molar-refractivity contribution < 1.29 is 0 Å². The van der Waals surface area contributed by atoms with Crippen molar-refractivity contribution in [3.05, 3.63) is 11.8 Å². The van der Waals surface area contributed by atoms with Gasteiger partial charge < -0.3 is 5.01 Å². The van der Waals surface area contributed by atoms with Crippen molar-refractivity contribution in [2.45, 2.75) is 0 Å². The van der Waals surface area contributed by atoms with E-state index in [2.05, 4.69) is 22.2 Å². The highest BCUT2D eigenvalue weighted by Crippen LogP contribution is 2.17.